The smallest absolute Gasteiger partial charge is 0.231 e. The van der Waals surface area contributed by atoms with Gasteiger partial charge in [-0.05, 0) is 74.2 Å². The van der Waals surface area contributed by atoms with Crippen molar-refractivity contribution >= 4 is 5.91 Å². The van der Waals surface area contributed by atoms with E-state index in [1.165, 1.54) is 37.7 Å². The first-order valence-electron chi connectivity index (χ1n) is 10.2. The highest BCUT2D eigenvalue weighted by atomic mass is 16.5. The third kappa shape index (κ3) is 2.63. The minimum Gasteiger partial charge on any atom is -0.381 e. The lowest BCUT2D eigenvalue weighted by molar-refractivity contribution is -0.134. The molecule has 0 atom stereocenters. The van der Waals surface area contributed by atoms with Crippen molar-refractivity contribution in [1.29, 1.82) is 0 Å². The predicted octanol–water partition coefficient (Wildman–Crippen LogP) is 3.68. The topological polar surface area (TPSA) is 38.3 Å². The van der Waals surface area contributed by atoms with Gasteiger partial charge in [0.15, 0.2) is 0 Å². The Hall–Kier alpha value is -1.35. The Bertz CT molecular complexity index is 607. The Labute approximate surface area is 150 Å². The summed E-state index contributed by atoms with van der Waals surface area (Å²) < 4.78 is 5.60. The van der Waals surface area contributed by atoms with Crippen molar-refractivity contribution in [3.63, 3.8) is 0 Å². The third-order valence-corrected chi connectivity index (χ3v) is 7.63. The van der Waals surface area contributed by atoms with E-state index in [4.69, 9.17) is 4.74 Å². The number of amides is 1. The van der Waals surface area contributed by atoms with Gasteiger partial charge in [-0.15, -0.1) is 0 Å². The summed E-state index contributed by atoms with van der Waals surface area (Å²) in [5.41, 5.74) is 0.772. The number of carbonyl (C=O) groups is 1. The van der Waals surface area contributed by atoms with Crippen LogP contribution in [0.4, 0.5) is 0 Å². The van der Waals surface area contributed by atoms with Crippen LogP contribution in [0.25, 0.3) is 0 Å². The number of benzene rings is 1. The second-order valence-electron chi connectivity index (χ2n) is 8.99. The van der Waals surface area contributed by atoms with E-state index >= 15 is 0 Å². The van der Waals surface area contributed by atoms with Gasteiger partial charge in [0.25, 0.3) is 0 Å². The van der Waals surface area contributed by atoms with E-state index < -0.39 is 5.41 Å². The molecule has 1 aromatic carbocycles. The maximum atomic E-state index is 13.5. The first-order valence-corrected chi connectivity index (χ1v) is 10.2. The molecular weight excluding hydrogens is 310 g/mol. The lowest BCUT2D eigenvalue weighted by atomic mass is 9.54. The van der Waals surface area contributed by atoms with Crippen molar-refractivity contribution in [1.82, 2.24) is 5.32 Å². The minimum atomic E-state index is -0.395. The molecule has 0 unspecified atom stereocenters. The molecule has 4 aliphatic carbocycles. The zero-order valence-corrected chi connectivity index (χ0v) is 15.0. The zero-order valence-electron chi connectivity index (χ0n) is 15.0. The summed E-state index contributed by atoms with van der Waals surface area (Å²) in [7, 11) is 0. The highest BCUT2D eigenvalue weighted by molar-refractivity contribution is 5.88. The molecule has 6 rings (SSSR count). The SMILES string of the molecule is O=C(NC1C2CC3CC(C2)CC1C3)C1(c2ccccc2)CCOCC1. The molecule has 1 aliphatic heterocycles. The molecule has 0 radical (unpaired) electrons. The van der Waals surface area contributed by atoms with Crippen LogP contribution in [-0.4, -0.2) is 25.2 Å². The van der Waals surface area contributed by atoms with Gasteiger partial charge in [-0.3, -0.25) is 4.79 Å². The average Bonchev–Trinajstić information content (AvgIpc) is 2.65. The summed E-state index contributed by atoms with van der Waals surface area (Å²) in [6.07, 6.45) is 8.45. The van der Waals surface area contributed by atoms with Crippen LogP contribution in [0.2, 0.25) is 0 Å². The Morgan fingerprint density at radius 1 is 0.920 bits per heavy atom. The molecule has 25 heavy (non-hydrogen) atoms. The average molecular weight is 339 g/mol. The summed E-state index contributed by atoms with van der Waals surface area (Å²) in [6, 6.07) is 10.8. The highest BCUT2D eigenvalue weighted by Gasteiger charge is 2.50. The summed E-state index contributed by atoms with van der Waals surface area (Å²) in [6.45, 7) is 1.37. The van der Waals surface area contributed by atoms with Gasteiger partial charge in [-0.2, -0.15) is 0 Å². The van der Waals surface area contributed by atoms with E-state index in [0.717, 1.165) is 36.5 Å². The second-order valence-corrected chi connectivity index (χ2v) is 8.99. The van der Waals surface area contributed by atoms with Crippen molar-refractivity contribution in [3.05, 3.63) is 35.9 Å². The normalized spacial score (nSPS) is 38.5. The molecule has 1 heterocycles. The van der Waals surface area contributed by atoms with Crippen LogP contribution in [-0.2, 0) is 14.9 Å². The standard InChI is InChI=1S/C22H29NO2/c24-21(22(6-8-25-9-7-22)19-4-2-1-3-5-19)23-20-17-11-15-10-16(13-17)14-18(20)12-15/h1-5,15-18,20H,6-14H2,(H,23,24). The monoisotopic (exact) mass is 339 g/mol. The number of hydrogen-bond acceptors (Lipinski definition) is 2. The van der Waals surface area contributed by atoms with Crippen molar-refractivity contribution < 1.29 is 9.53 Å². The maximum absolute atomic E-state index is 13.5. The molecule has 3 heteroatoms. The minimum absolute atomic E-state index is 0.263. The van der Waals surface area contributed by atoms with Crippen LogP contribution in [0.15, 0.2) is 30.3 Å². The van der Waals surface area contributed by atoms with E-state index in [9.17, 15) is 4.79 Å². The van der Waals surface area contributed by atoms with E-state index in [-0.39, 0.29) is 5.91 Å². The Kier molecular flexibility index (Phi) is 3.89. The molecular formula is C22H29NO2. The fourth-order valence-corrected chi connectivity index (χ4v) is 6.57. The fourth-order valence-electron chi connectivity index (χ4n) is 6.57. The highest BCUT2D eigenvalue weighted by Crippen LogP contribution is 2.54. The lowest BCUT2D eigenvalue weighted by Crippen LogP contribution is -2.59. The van der Waals surface area contributed by atoms with E-state index in [1.807, 2.05) is 6.07 Å². The van der Waals surface area contributed by atoms with Gasteiger partial charge in [0.1, 0.15) is 0 Å². The van der Waals surface area contributed by atoms with Gasteiger partial charge in [-0.1, -0.05) is 30.3 Å². The van der Waals surface area contributed by atoms with Gasteiger partial charge in [0.2, 0.25) is 5.91 Å². The largest absolute Gasteiger partial charge is 0.381 e. The summed E-state index contributed by atoms with van der Waals surface area (Å²) >= 11 is 0. The number of rotatable bonds is 3. The van der Waals surface area contributed by atoms with Gasteiger partial charge >= 0.3 is 0 Å². The molecule has 5 fully saturated rings. The molecule has 0 aromatic heterocycles. The number of carbonyl (C=O) groups excluding carboxylic acids is 1. The van der Waals surface area contributed by atoms with Crippen molar-refractivity contribution in [2.75, 3.05) is 13.2 Å². The summed E-state index contributed by atoms with van der Waals surface area (Å²) in [5, 5.41) is 3.58. The second kappa shape index (κ2) is 6.12. The number of nitrogens with one attached hydrogen (secondary N) is 1. The third-order valence-electron chi connectivity index (χ3n) is 7.63. The van der Waals surface area contributed by atoms with Crippen LogP contribution in [0.5, 0.6) is 0 Å². The van der Waals surface area contributed by atoms with E-state index in [0.29, 0.717) is 19.3 Å². The molecule has 1 saturated heterocycles. The summed E-state index contributed by atoms with van der Waals surface area (Å²) in [4.78, 5) is 13.5. The van der Waals surface area contributed by atoms with Gasteiger partial charge in [0, 0.05) is 19.3 Å². The van der Waals surface area contributed by atoms with Gasteiger partial charge in [-0.25, -0.2) is 0 Å². The molecule has 5 aliphatic rings. The molecule has 1 amide bonds. The number of ether oxygens (including phenoxy) is 1. The Balaban J connectivity index is 1.40. The lowest BCUT2D eigenvalue weighted by Gasteiger charge is -2.55. The quantitative estimate of drug-likeness (QED) is 0.912. The number of hydrogen-bond donors (Lipinski definition) is 1. The van der Waals surface area contributed by atoms with Gasteiger partial charge in [0.05, 0.1) is 5.41 Å². The molecule has 4 saturated carbocycles. The molecule has 1 aromatic rings. The Morgan fingerprint density at radius 2 is 1.52 bits per heavy atom. The molecule has 4 bridgehead atoms. The first-order chi connectivity index (χ1) is 12.2. The van der Waals surface area contributed by atoms with Crippen LogP contribution in [0, 0.1) is 23.7 Å². The van der Waals surface area contributed by atoms with Crippen LogP contribution in [0.1, 0.15) is 50.5 Å². The molecule has 0 spiro atoms. The van der Waals surface area contributed by atoms with Gasteiger partial charge < -0.3 is 10.1 Å². The Morgan fingerprint density at radius 3 is 2.12 bits per heavy atom. The van der Waals surface area contributed by atoms with Crippen molar-refractivity contribution in [2.45, 2.75) is 56.4 Å². The molecule has 1 N–H and O–H groups in total. The van der Waals surface area contributed by atoms with E-state index in [1.54, 1.807) is 0 Å². The summed E-state index contributed by atoms with van der Waals surface area (Å²) in [5.74, 6) is 3.61. The van der Waals surface area contributed by atoms with E-state index in [2.05, 4.69) is 29.6 Å². The van der Waals surface area contributed by atoms with Crippen LogP contribution in [0.3, 0.4) is 0 Å². The molecule has 134 valence electrons. The molecule has 3 nitrogen and oxygen atoms in total. The maximum Gasteiger partial charge on any atom is 0.231 e. The van der Waals surface area contributed by atoms with Crippen LogP contribution < -0.4 is 5.32 Å². The zero-order chi connectivity index (χ0) is 16.9. The first kappa shape index (κ1) is 15.9. The fraction of sp³-hybridized carbons (Fsp3) is 0.682. The van der Waals surface area contributed by atoms with Crippen molar-refractivity contribution in [3.8, 4) is 0 Å². The van der Waals surface area contributed by atoms with Crippen LogP contribution >= 0.6 is 0 Å². The van der Waals surface area contributed by atoms with Crippen molar-refractivity contribution in [2.24, 2.45) is 23.7 Å². The predicted molar refractivity (Wildman–Crippen MR) is 97.1 cm³/mol.